The second kappa shape index (κ2) is 12.0. The highest BCUT2D eigenvalue weighted by Crippen LogP contribution is 2.31. The lowest BCUT2D eigenvalue weighted by Crippen LogP contribution is -3.00. The van der Waals surface area contributed by atoms with Gasteiger partial charge in [0.15, 0.2) is 0 Å². The second-order valence-corrected chi connectivity index (χ2v) is 8.20. The van der Waals surface area contributed by atoms with Crippen molar-refractivity contribution >= 4 is 12.4 Å². The fraction of sp³-hybridized carbons (Fsp3) is 1.00. The minimum Gasteiger partial charge on any atom is -1.00 e. The van der Waals surface area contributed by atoms with Crippen molar-refractivity contribution < 1.29 is 16.9 Å². The molecule has 2 aliphatic rings. The lowest BCUT2D eigenvalue weighted by molar-refractivity contribution is -0.880. The van der Waals surface area contributed by atoms with Crippen LogP contribution < -0.4 is 12.4 Å². The van der Waals surface area contributed by atoms with Gasteiger partial charge in [0.2, 0.25) is 0 Å². The van der Waals surface area contributed by atoms with Crippen LogP contribution in [0.25, 0.3) is 0 Å². The van der Waals surface area contributed by atoms with E-state index < -0.39 is 0 Å². The van der Waals surface area contributed by atoms with E-state index in [0.717, 1.165) is 23.7 Å². The maximum atomic E-state index is 2.46. The summed E-state index contributed by atoms with van der Waals surface area (Å²) in [6, 6.07) is 0. The molecule has 2 fully saturated rings. The van der Waals surface area contributed by atoms with Crippen LogP contribution in [0.2, 0.25) is 0 Å². The van der Waals surface area contributed by atoms with E-state index in [9.17, 15) is 0 Å². The molecule has 23 heavy (non-hydrogen) atoms. The summed E-state index contributed by atoms with van der Waals surface area (Å²) in [6.45, 7) is 14.7. The Morgan fingerprint density at radius 1 is 0.739 bits per heavy atom. The minimum atomic E-state index is 0. The molecule has 0 aromatic carbocycles. The van der Waals surface area contributed by atoms with E-state index in [1.165, 1.54) is 56.3 Å². The molecular weight excluding hydrogens is 327 g/mol. The summed E-state index contributed by atoms with van der Waals surface area (Å²) in [6.07, 6.45) is 5.48. The summed E-state index contributed by atoms with van der Waals surface area (Å²) in [7, 11) is 6.95. The maximum absolute atomic E-state index is 2.46. The molecule has 4 atom stereocenters. The van der Waals surface area contributed by atoms with Gasteiger partial charge in [-0.25, -0.2) is 0 Å². The Balaban J connectivity index is 0. The predicted octanol–water partition coefficient (Wildman–Crippen LogP) is 1.54. The molecule has 0 saturated carbocycles. The van der Waals surface area contributed by atoms with Gasteiger partial charge in [0, 0.05) is 24.9 Å². The molecule has 4 unspecified atom stereocenters. The first-order valence-electron chi connectivity index (χ1n) is 9.37. The first-order valence-corrected chi connectivity index (χ1v) is 9.37. The lowest BCUT2D eigenvalue weighted by Gasteiger charge is -2.23. The van der Waals surface area contributed by atoms with Crippen molar-refractivity contribution in [1.29, 1.82) is 0 Å². The van der Waals surface area contributed by atoms with E-state index >= 15 is 0 Å². The van der Waals surface area contributed by atoms with Crippen LogP contribution in [0.1, 0.15) is 53.4 Å². The van der Waals surface area contributed by atoms with Crippen LogP contribution in [0.3, 0.4) is 0 Å². The summed E-state index contributed by atoms with van der Waals surface area (Å²) >= 11 is 0. The molecule has 0 N–H and O–H groups in total. The van der Waals surface area contributed by atoms with Crippen LogP contribution in [-0.4, -0.2) is 56.7 Å². The molecule has 0 aromatic rings. The fourth-order valence-electron chi connectivity index (χ4n) is 4.67. The third kappa shape index (κ3) is 7.94. The zero-order chi connectivity index (χ0) is 16.0. The average Bonchev–Trinajstić information content (AvgIpc) is 2.97. The zero-order valence-electron chi connectivity index (χ0n) is 16.6. The van der Waals surface area contributed by atoms with Gasteiger partial charge in [-0.05, 0) is 31.7 Å². The van der Waals surface area contributed by atoms with Crippen molar-refractivity contribution in [3.8, 4) is 0 Å². The third-order valence-corrected chi connectivity index (χ3v) is 5.98. The second-order valence-electron chi connectivity index (χ2n) is 8.20. The number of likely N-dealkylation sites (tertiary alicyclic amines) is 2. The first-order chi connectivity index (χ1) is 9.86. The highest BCUT2D eigenvalue weighted by molar-refractivity contribution is 5.85. The van der Waals surface area contributed by atoms with Gasteiger partial charge < -0.3 is 21.8 Å². The molecule has 0 amide bonds. The van der Waals surface area contributed by atoms with Crippen LogP contribution in [-0.2, 0) is 0 Å². The Labute approximate surface area is 158 Å². The average molecular weight is 369 g/mol. The number of nitrogens with zero attached hydrogens (tertiary/aromatic N) is 2. The number of hydrogen-bond acceptors (Lipinski definition) is 1. The first kappa shape index (κ1) is 25.7. The van der Waals surface area contributed by atoms with Crippen molar-refractivity contribution in [1.82, 2.24) is 4.90 Å². The molecule has 0 aliphatic carbocycles. The van der Waals surface area contributed by atoms with E-state index in [-0.39, 0.29) is 24.8 Å². The molecule has 2 nitrogen and oxygen atoms in total. The van der Waals surface area contributed by atoms with Gasteiger partial charge in [-0.2, -0.15) is 0 Å². The highest BCUT2D eigenvalue weighted by Gasteiger charge is 2.37. The van der Waals surface area contributed by atoms with Crippen molar-refractivity contribution in [3.63, 3.8) is 0 Å². The summed E-state index contributed by atoms with van der Waals surface area (Å²) in [5, 5.41) is 0. The maximum Gasteiger partial charge on any atom is 0.0815 e. The molecule has 2 heterocycles. The van der Waals surface area contributed by atoms with E-state index in [1.54, 1.807) is 0 Å². The smallest absolute Gasteiger partial charge is 0.0815 e. The normalized spacial score (nSPS) is 32.5. The lowest BCUT2D eigenvalue weighted by atomic mass is 9.92. The summed E-state index contributed by atoms with van der Waals surface area (Å²) < 4.78 is 1.25. The van der Waals surface area contributed by atoms with Crippen LogP contribution >= 0.6 is 12.4 Å². The molecule has 0 radical (unpaired) electrons. The minimum absolute atomic E-state index is 0. The molecule has 2 saturated heterocycles. The van der Waals surface area contributed by atoms with Crippen LogP contribution in [0.4, 0.5) is 0 Å². The van der Waals surface area contributed by atoms with Gasteiger partial charge in [0.05, 0.1) is 27.2 Å². The Morgan fingerprint density at radius 2 is 1.04 bits per heavy atom. The predicted molar refractivity (Wildman–Crippen MR) is 102 cm³/mol. The Kier molecular flexibility index (Phi) is 13.4. The van der Waals surface area contributed by atoms with Gasteiger partial charge in [-0.3, -0.25) is 0 Å². The van der Waals surface area contributed by atoms with E-state index in [4.69, 9.17) is 0 Å². The van der Waals surface area contributed by atoms with Gasteiger partial charge in [-0.1, -0.05) is 40.5 Å². The van der Waals surface area contributed by atoms with Crippen molar-refractivity contribution in [2.45, 2.75) is 53.4 Å². The van der Waals surface area contributed by atoms with Gasteiger partial charge in [-0.15, -0.1) is 12.4 Å². The molecule has 142 valence electrons. The van der Waals surface area contributed by atoms with Crippen molar-refractivity contribution in [2.75, 3.05) is 47.3 Å². The van der Waals surface area contributed by atoms with E-state index in [0.29, 0.717) is 0 Å². The van der Waals surface area contributed by atoms with Crippen molar-refractivity contribution in [3.05, 3.63) is 0 Å². The highest BCUT2D eigenvalue weighted by atomic mass is 35.5. The number of halogens is 2. The SMILES string of the molecule is CCC1CN(C)CC1CC.CCC1C[N+](C)(C)CC1CC.Cl.[Cl-]. The molecule has 2 rings (SSSR count). The molecule has 0 bridgehead atoms. The van der Waals surface area contributed by atoms with Gasteiger partial charge in [0.25, 0.3) is 0 Å². The molecular formula is C19H42Cl2N2. The monoisotopic (exact) mass is 368 g/mol. The van der Waals surface area contributed by atoms with Crippen LogP contribution in [0.5, 0.6) is 0 Å². The Morgan fingerprint density at radius 3 is 1.30 bits per heavy atom. The van der Waals surface area contributed by atoms with Crippen LogP contribution in [0, 0.1) is 23.7 Å². The van der Waals surface area contributed by atoms with Gasteiger partial charge >= 0.3 is 0 Å². The molecule has 0 spiro atoms. The third-order valence-electron chi connectivity index (χ3n) is 5.98. The molecule has 4 heteroatoms. The van der Waals surface area contributed by atoms with Crippen LogP contribution in [0.15, 0.2) is 0 Å². The summed E-state index contributed by atoms with van der Waals surface area (Å²) in [4.78, 5) is 2.46. The van der Waals surface area contributed by atoms with Gasteiger partial charge in [0.1, 0.15) is 0 Å². The zero-order valence-corrected chi connectivity index (χ0v) is 18.2. The Hall–Kier alpha value is 0.500. The molecule has 2 aliphatic heterocycles. The summed E-state index contributed by atoms with van der Waals surface area (Å²) in [5.41, 5.74) is 0. The number of quaternary nitrogens is 1. The quantitative estimate of drug-likeness (QED) is 0.680. The molecule has 0 aromatic heterocycles. The van der Waals surface area contributed by atoms with E-state index in [1.807, 2.05) is 0 Å². The Bertz CT molecular complexity index is 271. The topological polar surface area (TPSA) is 3.24 Å². The van der Waals surface area contributed by atoms with E-state index in [2.05, 4.69) is 53.7 Å². The standard InChI is InChI=1S/C10H22N.C9H19N.2ClH/c1-5-9-7-11(3,4)8-10(9)6-2;1-4-8-6-10(3)7-9(8)5-2;;/h9-10H,5-8H2,1-4H3;8-9H,4-7H2,1-3H3;2*1H/q+1;;;/p-1. The largest absolute Gasteiger partial charge is 1.00 e. The number of rotatable bonds is 4. The summed E-state index contributed by atoms with van der Waals surface area (Å²) in [5.74, 6) is 3.95. The van der Waals surface area contributed by atoms with Crippen molar-refractivity contribution in [2.24, 2.45) is 23.7 Å². The fourth-order valence-corrected chi connectivity index (χ4v) is 4.67. The number of hydrogen-bond donors (Lipinski definition) is 0.